The number of hydrogen-bond acceptors (Lipinski definition) is 5. The molecule has 0 spiro atoms. The van der Waals surface area contributed by atoms with E-state index in [0.717, 1.165) is 21.3 Å². The fraction of sp³-hybridized carbons (Fsp3) is 0.200. The van der Waals surface area contributed by atoms with Gasteiger partial charge in [-0.15, -0.1) is 0 Å². The molecule has 0 aliphatic heterocycles. The molecule has 0 unspecified atom stereocenters. The monoisotopic (exact) mass is 495 g/mol. The molecule has 1 N–H and O–H groups in total. The lowest BCUT2D eigenvalue weighted by molar-refractivity contribution is -0.137. The van der Waals surface area contributed by atoms with Crippen LogP contribution in [0.15, 0.2) is 70.4 Å². The van der Waals surface area contributed by atoms with Crippen molar-refractivity contribution in [1.82, 2.24) is 18.9 Å². The highest BCUT2D eigenvalue weighted by atomic mass is 19.4. The van der Waals surface area contributed by atoms with Crippen LogP contribution < -0.4 is 11.2 Å². The lowest BCUT2D eigenvalue weighted by atomic mass is 10.1. The molecule has 8 nitrogen and oxygen atoms in total. The Morgan fingerprint density at radius 3 is 2.39 bits per heavy atom. The SMILES string of the molecule is Cc1c(-c2ccnn2-c2ccc(C#N)cc2)c(=O)n([C@H](C)CO)c(=O)n1-c1cccc(C(F)(F)F)c1. The van der Waals surface area contributed by atoms with Crippen LogP contribution in [0.5, 0.6) is 0 Å². The van der Waals surface area contributed by atoms with Crippen molar-refractivity contribution in [3.05, 3.63) is 98.5 Å². The first kappa shape index (κ1) is 24.7. The molecule has 0 saturated carbocycles. The molecule has 0 aliphatic carbocycles. The summed E-state index contributed by atoms with van der Waals surface area (Å²) in [6, 6.07) is 13.2. The topological polar surface area (TPSA) is 106 Å². The first-order valence-corrected chi connectivity index (χ1v) is 10.8. The zero-order valence-electron chi connectivity index (χ0n) is 19.2. The van der Waals surface area contributed by atoms with Gasteiger partial charge >= 0.3 is 11.9 Å². The van der Waals surface area contributed by atoms with Crippen LogP contribution in [0.3, 0.4) is 0 Å². The number of aliphatic hydroxyl groups excluding tert-OH is 1. The molecule has 1 atom stereocenters. The smallest absolute Gasteiger partial charge is 0.394 e. The Morgan fingerprint density at radius 2 is 1.78 bits per heavy atom. The Bertz CT molecular complexity index is 1590. The van der Waals surface area contributed by atoms with Crippen molar-refractivity contribution in [3.8, 4) is 28.7 Å². The van der Waals surface area contributed by atoms with Gasteiger partial charge in [0, 0.05) is 5.69 Å². The zero-order valence-corrected chi connectivity index (χ0v) is 19.2. The van der Waals surface area contributed by atoms with Gasteiger partial charge in [-0.05, 0) is 62.4 Å². The normalized spacial score (nSPS) is 12.4. The van der Waals surface area contributed by atoms with Gasteiger partial charge in [-0.25, -0.2) is 9.48 Å². The number of aliphatic hydroxyl groups is 1. The summed E-state index contributed by atoms with van der Waals surface area (Å²) in [6.45, 7) is 2.37. The summed E-state index contributed by atoms with van der Waals surface area (Å²) in [5.74, 6) is 0. The number of benzene rings is 2. The summed E-state index contributed by atoms with van der Waals surface area (Å²) >= 11 is 0. The average molecular weight is 495 g/mol. The van der Waals surface area contributed by atoms with Crippen molar-refractivity contribution >= 4 is 0 Å². The van der Waals surface area contributed by atoms with Crippen LogP contribution >= 0.6 is 0 Å². The van der Waals surface area contributed by atoms with Gasteiger partial charge in [0.1, 0.15) is 0 Å². The van der Waals surface area contributed by atoms with Crippen LogP contribution in [0, 0.1) is 18.3 Å². The molecule has 36 heavy (non-hydrogen) atoms. The van der Waals surface area contributed by atoms with E-state index in [1.165, 1.54) is 42.9 Å². The third-order valence-electron chi connectivity index (χ3n) is 5.80. The third-order valence-corrected chi connectivity index (χ3v) is 5.80. The summed E-state index contributed by atoms with van der Waals surface area (Å²) < 4.78 is 43.5. The molecule has 0 amide bonds. The van der Waals surface area contributed by atoms with E-state index >= 15 is 0 Å². The molecule has 2 aromatic heterocycles. The molecule has 4 rings (SSSR count). The molecule has 11 heteroatoms. The summed E-state index contributed by atoms with van der Waals surface area (Å²) in [4.78, 5) is 27.0. The largest absolute Gasteiger partial charge is 0.416 e. The Kier molecular flexibility index (Phi) is 6.39. The summed E-state index contributed by atoms with van der Waals surface area (Å²) in [7, 11) is 0. The highest BCUT2D eigenvalue weighted by molar-refractivity contribution is 5.64. The number of aromatic nitrogens is 4. The second kappa shape index (κ2) is 9.31. The van der Waals surface area contributed by atoms with E-state index in [4.69, 9.17) is 5.26 Å². The van der Waals surface area contributed by atoms with Crippen molar-refractivity contribution in [2.45, 2.75) is 26.1 Å². The van der Waals surface area contributed by atoms with Crippen molar-refractivity contribution in [3.63, 3.8) is 0 Å². The Labute approximate surface area is 202 Å². The van der Waals surface area contributed by atoms with Crippen LogP contribution in [0.1, 0.15) is 29.8 Å². The van der Waals surface area contributed by atoms with Crippen LogP contribution in [-0.2, 0) is 6.18 Å². The second-order valence-electron chi connectivity index (χ2n) is 8.12. The Hall–Kier alpha value is -4.43. The van der Waals surface area contributed by atoms with Gasteiger partial charge in [0.05, 0.1) is 58.7 Å². The molecule has 2 aromatic carbocycles. The molecule has 0 bridgehead atoms. The summed E-state index contributed by atoms with van der Waals surface area (Å²) in [5.41, 5.74) is -1.31. The minimum Gasteiger partial charge on any atom is -0.394 e. The van der Waals surface area contributed by atoms with Crippen molar-refractivity contribution in [1.29, 1.82) is 5.26 Å². The van der Waals surface area contributed by atoms with Gasteiger partial charge in [0.25, 0.3) is 5.56 Å². The van der Waals surface area contributed by atoms with Gasteiger partial charge in [0.15, 0.2) is 0 Å². The van der Waals surface area contributed by atoms with Crippen LogP contribution in [0.4, 0.5) is 13.2 Å². The predicted octanol–water partition coefficient (Wildman–Crippen LogP) is 3.60. The highest BCUT2D eigenvalue weighted by Crippen LogP contribution is 2.31. The molecule has 0 fully saturated rings. The van der Waals surface area contributed by atoms with Crippen molar-refractivity contribution in [2.24, 2.45) is 0 Å². The standard InChI is InChI=1S/C25H20F3N5O3/c1-15(14-34)31-23(35)22(21-10-11-30-33(21)19-8-6-17(13-29)7-9-19)16(2)32(24(31)36)20-5-3-4-18(12-20)25(26,27)28/h3-12,15,34H,14H2,1-2H3/t15-/m1/s1. The fourth-order valence-electron chi connectivity index (χ4n) is 3.99. The van der Waals surface area contributed by atoms with E-state index < -0.39 is 35.6 Å². The van der Waals surface area contributed by atoms with E-state index in [0.29, 0.717) is 11.3 Å². The van der Waals surface area contributed by atoms with E-state index in [1.807, 2.05) is 6.07 Å². The van der Waals surface area contributed by atoms with E-state index in [-0.39, 0.29) is 22.6 Å². The first-order chi connectivity index (χ1) is 17.1. The second-order valence-corrected chi connectivity index (χ2v) is 8.12. The number of hydrogen-bond donors (Lipinski definition) is 1. The van der Waals surface area contributed by atoms with Gasteiger partial charge in [-0.2, -0.15) is 23.5 Å². The maximum absolute atomic E-state index is 13.6. The Balaban J connectivity index is 2.05. The maximum Gasteiger partial charge on any atom is 0.416 e. The molecular weight excluding hydrogens is 475 g/mol. The summed E-state index contributed by atoms with van der Waals surface area (Å²) in [6.07, 6.45) is -3.21. The molecule has 184 valence electrons. The number of alkyl halides is 3. The molecule has 2 heterocycles. The van der Waals surface area contributed by atoms with E-state index in [2.05, 4.69) is 5.10 Å². The Morgan fingerprint density at radius 1 is 1.08 bits per heavy atom. The third kappa shape index (κ3) is 4.23. The van der Waals surface area contributed by atoms with Gasteiger partial charge in [-0.3, -0.25) is 13.9 Å². The average Bonchev–Trinajstić information content (AvgIpc) is 3.33. The van der Waals surface area contributed by atoms with E-state index in [9.17, 15) is 27.9 Å². The molecular formula is C25H20F3N5O3. The molecule has 0 aliphatic rings. The quantitative estimate of drug-likeness (QED) is 0.456. The van der Waals surface area contributed by atoms with E-state index in [1.54, 1.807) is 24.3 Å². The number of nitriles is 1. The number of rotatable bonds is 5. The number of halogens is 3. The number of nitrogens with zero attached hydrogens (tertiary/aromatic N) is 5. The minimum absolute atomic E-state index is 0.0224. The van der Waals surface area contributed by atoms with Crippen LogP contribution in [0.25, 0.3) is 22.6 Å². The van der Waals surface area contributed by atoms with Crippen molar-refractivity contribution < 1.29 is 18.3 Å². The van der Waals surface area contributed by atoms with Gasteiger partial charge in [0.2, 0.25) is 0 Å². The summed E-state index contributed by atoms with van der Waals surface area (Å²) in [5, 5.41) is 23.1. The maximum atomic E-state index is 13.6. The molecule has 0 saturated heterocycles. The zero-order chi connectivity index (χ0) is 26.2. The lowest BCUT2D eigenvalue weighted by Gasteiger charge is -2.21. The first-order valence-electron chi connectivity index (χ1n) is 10.8. The predicted molar refractivity (Wildman–Crippen MR) is 125 cm³/mol. The lowest BCUT2D eigenvalue weighted by Crippen LogP contribution is -2.44. The van der Waals surface area contributed by atoms with Crippen molar-refractivity contribution in [2.75, 3.05) is 6.61 Å². The van der Waals surface area contributed by atoms with Crippen LogP contribution in [0.2, 0.25) is 0 Å². The van der Waals surface area contributed by atoms with Crippen LogP contribution in [-0.4, -0.2) is 30.6 Å². The van der Waals surface area contributed by atoms with Gasteiger partial charge < -0.3 is 5.11 Å². The van der Waals surface area contributed by atoms with Gasteiger partial charge in [-0.1, -0.05) is 6.07 Å². The fourth-order valence-corrected chi connectivity index (χ4v) is 3.99. The molecule has 4 aromatic rings. The minimum atomic E-state index is -4.64. The molecule has 0 radical (unpaired) electrons. The highest BCUT2D eigenvalue weighted by Gasteiger charge is 2.31.